The van der Waals surface area contributed by atoms with Gasteiger partial charge in [0.1, 0.15) is 5.75 Å². The van der Waals surface area contributed by atoms with Gasteiger partial charge in [-0.1, -0.05) is 12.1 Å². The quantitative estimate of drug-likeness (QED) is 0.887. The van der Waals surface area contributed by atoms with Crippen molar-refractivity contribution in [3.63, 3.8) is 0 Å². The fraction of sp³-hybridized carbons (Fsp3) is 0.714. The van der Waals surface area contributed by atoms with Crippen molar-refractivity contribution in [3.8, 4) is 5.75 Å². The Balaban J connectivity index is 1.21. The fourth-order valence-corrected chi connectivity index (χ4v) is 5.71. The maximum atomic E-state index is 5.29. The molecule has 1 saturated carbocycles. The molecule has 1 N–H and O–H groups in total. The molecule has 4 aliphatic heterocycles. The lowest BCUT2D eigenvalue weighted by atomic mass is 9.94. The molecular weight excluding hydrogens is 310 g/mol. The summed E-state index contributed by atoms with van der Waals surface area (Å²) in [5.41, 5.74) is 1.41. The molecule has 136 valence electrons. The largest absolute Gasteiger partial charge is 0.497 e. The van der Waals surface area contributed by atoms with Crippen molar-refractivity contribution in [3.05, 3.63) is 29.8 Å². The SMILES string of the molecule is COc1ccc(CN2C[C@H]3CC[C@@H](C2)N(CC2[C@H]4CNC[C@@H]24)C3)cc1. The zero-order chi connectivity index (χ0) is 16.8. The lowest BCUT2D eigenvalue weighted by Crippen LogP contribution is -2.45. The summed E-state index contributed by atoms with van der Waals surface area (Å²) in [6, 6.07) is 9.41. The highest BCUT2D eigenvalue weighted by molar-refractivity contribution is 5.27. The molecule has 4 heterocycles. The van der Waals surface area contributed by atoms with Crippen molar-refractivity contribution in [1.29, 1.82) is 0 Å². The Kier molecular flexibility index (Phi) is 4.23. The minimum Gasteiger partial charge on any atom is -0.497 e. The van der Waals surface area contributed by atoms with E-state index in [-0.39, 0.29) is 0 Å². The van der Waals surface area contributed by atoms with Crippen molar-refractivity contribution in [1.82, 2.24) is 15.1 Å². The predicted octanol–water partition coefficient (Wildman–Crippen LogP) is 2.06. The van der Waals surface area contributed by atoms with Gasteiger partial charge in [0.25, 0.3) is 0 Å². The molecule has 1 aliphatic carbocycles. The van der Waals surface area contributed by atoms with Gasteiger partial charge in [0, 0.05) is 38.8 Å². The van der Waals surface area contributed by atoms with E-state index in [9.17, 15) is 0 Å². The summed E-state index contributed by atoms with van der Waals surface area (Å²) in [6.07, 6.45) is 2.84. The van der Waals surface area contributed by atoms with Gasteiger partial charge in [0.15, 0.2) is 0 Å². The number of ether oxygens (including phenoxy) is 1. The van der Waals surface area contributed by atoms with Gasteiger partial charge < -0.3 is 10.1 Å². The Hall–Kier alpha value is -1.10. The third-order valence-corrected chi connectivity index (χ3v) is 7.18. The fourth-order valence-electron chi connectivity index (χ4n) is 5.71. The maximum Gasteiger partial charge on any atom is 0.118 e. The van der Waals surface area contributed by atoms with E-state index in [1.807, 2.05) is 0 Å². The number of benzene rings is 1. The first kappa shape index (κ1) is 16.1. The van der Waals surface area contributed by atoms with Gasteiger partial charge in [-0.2, -0.15) is 0 Å². The zero-order valence-electron chi connectivity index (χ0n) is 15.4. The Labute approximate surface area is 151 Å². The summed E-state index contributed by atoms with van der Waals surface area (Å²) < 4.78 is 5.29. The first-order valence-electron chi connectivity index (χ1n) is 10.1. The van der Waals surface area contributed by atoms with Crippen molar-refractivity contribution in [2.45, 2.75) is 25.4 Å². The molecule has 0 radical (unpaired) electrons. The smallest absolute Gasteiger partial charge is 0.118 e. The summed E-state index contributed by atoms with van der Waals surface area (Å²) in [4.78, 5) is 5.57. The normalized spacial score (nSPS) is 37.7. The first-order valence-corrected chi connectivity index (χ1v) is 10.1. The highest BCUT2D eigenvalue weighted by Crippen LogP contribution is 2.49. The van der Waals surface area contributed by atoms with Crippen LogP contribution in [0, 0.1) is 23.7 Å². The Morgan fingerprint density at radius 1 is 1.04 bits per heavy atom. The summed E-state index contributed by atoms with van der Waals surface area (Å²) >= 11 is 0. The molecule has 1 aromatic carbocycles. The molecule has 5 aliphatic rings. The second-order valence-corrected chi connectivity index (χ2v) is 8.74. The molecule has 4 heteroatoms. The van der Waals surface area contributed by atoms with Crippen molar-refractivity contribution in [2.24, 2.45) is 23.7 Å². The number of rotatable bonds is 5. The standard InChI is InChI=1S/C21H31N3O/c1-25-18-6-3-15(4-7-18)10-23-11-16-2-5-17(13-23)24(12-16)14-21-19-8-22-9-20(19)21/h3-4,6-7,16-17,19-22H,2,5,8-14H2,1H3/t16-,17+,19-,20+,21?/m1/s1. The molecule has 5 fully saturated rings. The molecule has 4 saturated heterocycles. The van der Waals surface area contributed by atoms with Crippen LogP contribution in [0.2, 0.25) is 0 Å². The molecular formula is C21H31N3O. The van der Waals surface area contributed by atoms with Crippen LogP contribution in [0.1, 0.15) is 18.4 Å². The molecule has 2 bridgehead atoms. The number of methoxy groups -OCH3 is 1. The number of nitrogens with zero attached hydrogens (tertiary/aromatic N) is 2. The van der Waals surface area contributed by atoms with E-state index in [1.165, 1.54) is 57.7 Å². The number of piperidine rings is 2. The van der Waals surface area contributed by atoms with Crippen LogP contribution in [0.5, 0.6) is 5.75 Å². The van der Waals surface area contributed by atoms with Gasteiger partial charge >= 0.3 is 0 Å². The van der Waals surface area contributed by atoms with Gasteiger partial charge in [0.2, 0.25) is 0 Å². The molecule has 0 spiro atoms. The lowest BCUT2D eigenvalue weighted by Gasteiger charge is -2.36. The number of hydrogen-bond acceptors (Lipinski definition) is 4. The monoisotopic (exact) mass is 341 g/mol. The van der Waals surface area contributed by atoms with Crippen molar-refractivity contribution >= 4 is 0 Å². The zero-order valence-corrected chi connectivity index (χ0v) is 15.4. The van der Waals surface area contributed by atoms with Crippen LogP contribution in [0.25, 0.3) is 0 Å². The third kappa shape index (κ3) is 3.20. The number of nitrogens with one attached hydrogen (secondary N) is 1. The van der Waals surface area contributed by atoms with Crippen LogP contribution in [0.3, 0.4) is 0 Å². The topological polar surface area (TPSA) is 27.7 Å². The molecule has 25 heavy (non-hydrogen) atoms. The molecule has 1 aromatic rings. The summed E-state index contributed by atoms with van der Waals surface area (Å²) in [5.74, 6) is 4.81. The maximum absolute atomic E-state index is 5.29. The Bertz CT molecular complexity index is 594. The molecule has 6 rings (SSSR count). The summed E-state index contributed by atoms with van der Waals surface area (Å²) in [7, 11) is 1.74. The van der Waals surface area contributed by atoms with Crippen LogP contribution in [-0.2, 0) is 6.54 Å². The summed E-state index contributed by atoms with van der Waals surface area (Å²) in [5, 5.41) is 3.54. The molecule has 0 amide bonds. The lowest BCUT2D eigenvalue weighted by molar-refractivity contribution is 0.120. The van der Waals surface area contributed by atoms with E-state index in [4.69, 9.17) is 4.74 Å². The first-order chi connectivity index (χ1) is 12.3. The van der Waals surface area contributed by atoms with Crippen LogP contribution >= 0.6 is 0 Å². The van der Waals surface area contributed by atoms with Crippen LogP contribution in [-0.4, -0.2) is 62.2 Å². The third-order valence-electron chi connectivity index (χ3n) is 7.18. The van der Waals surface area contributed by atoms with Gasteiger partial charge in [-0.3, -0.25) is 9.80 Å². The highest BCUT2D eigenvalue weighted by Gasteiger charge is 2.53. The average Bonchev–Trinajstić information content (AvgIpc) is 3.17. The van der Waals surface area contributed by atoms with E-state index in [0.717, 1.165) is 42.0 Å². The van der Waals surface area contributed by atoms with Crippen LogP contribution in [0.4, 0.5) is 0 Å². The molecule has 4 nitrogen and oxygen atoms in total. The highest BCUT2D eigenvalue weighted by atomic mass is 16.5. The minimum absolute atomic E-state index is 0.784. The van der Waals surface area contributed by atoms with E-state index >= 15 is 0 Å². The average molecular weight is 341 g/mol. The van der Waals surface area contributed by atoms with Gasteiger partial charge in [-0.15, -0.1) is 0 Å². The summed E-state index contributed by atoms with van der Waals surface area (Å²) in [6.45, 7) is 8.88. The van der Waals surface area contributed by atoms with E-state index in [2.05, 4.69) is 39.4 Å². The molecule has 0 aromatic heterocycles. The van der Waals surface area contributed by atoms with Gasteiger partial charge in [0.05, 0.1) is 7.11 Å². The van der Waals surface area contributed by atoms with Gasteiger partial charge in [-0.25, -0.2) is 0 Å². The van der Waals surface area contributed by atoms with Crippen LogP contribution in [0.15, 0.2) is 24.3 Å². The second-order valence-electron chi connectivity index (χ2n) is 8.74. The molecule has 1 unspecified atom stereocenters. The predicted molar refractivity (Wildman–Crippen MR) is 99.7 cm³/mol. The Morgan fingerprint density at radius 3 is 2.60 bits per heavy atom. The second kappa shape index (κ2) is 6.57. The van der Waals surface area contributed by atoms with E-state index in [0.29, 0.717) is 0 Å². The molecule has 5 atom stereocenters. The van der Waals surface area contributed by atoms with Crippen LogP contribution < -0.4 is 10.1 Å². The Morgan fingerprint density at radius 2 is 1.84 bits per heavy atom. The van der Waals surface area contributed by atoms with E-state index in [1.54, 1.807) is 7.11 Å². The minimum atomic E-state index is 0.784. The number of fused-ring (bicyclic) bond motifs is 5. The number of hydrogen-bond donors (Lipinski definition) is 1. The van der Waals surface area contributed by atoms with Crippen molar-refractivity contribution < 1.29 is 4.74 Å². The van der Waals surface area contributed by atoms with E-state index < -0.39 is 0 Å². The van der Waals surface area contributed by atoms with Gasteiger partial charge in [-0.05, 0) is 67.3 Å². The van der Waals surface area contributed by atoms with Crippen molar-refractivity contribution in [2.75, 3.05) is 46.4 Å².